The summed E-state index contributed by atoms with van der Waals surface area (Å²) in [5.41, 5.74) is 0. The maximum Gasteiger partial charge on any atom is 0.220 e. The van der Waals surface area contributed by atoms with Crippen LogP contribution in [-0.4, -0.2) is 34.9 Å². The Balaban J connectivity index is 3.83. The number of amides is 1. The van der Waals surface area contributed by atoms with Gasteiger partial charge in [-0.2, -0.15) is 0 Å². The van der Waals surface area contributed by atoms with Crippen molar-refractivity contribution in [1.82, 2.24) is 5.32 Å². The average Bonchev–Trinajstić information content (AvgIpc) is 2.79. The molecule has 0 bridgehead atoms. The Morgan fingerprint density at radius 1 is 0.719 bits per heavy atom. The molecule has 4 heteroatoms. The third-order valence-corrected chi connectivity index (χ3v) is 5.58. The standard InChI is InChI=1S/C28H51NO3/c1-3-5-7-9-11-13-15-17-19-21-23-27(31)26(25-30)29-28(32)24-22-20-18-16-14-12-10-8-6-4-2/h8,10,13,15,21,23,26-27,30-31H,3-7,9,11-12,14,16-20,22,24-25H2,1-2H3,(H,29,32)/b10-8-,15-13+,23-21+. The van der Waals surface area contributed by atoms with Crippen LogP contribution in [0.2, 0.25) is 0 Å². The number of nitrogens with one attached hydrogen (secondary N) is 1. The number of rotatable bonds is 22. The van der Waals surface area contributed by atoms with Crippen molar-refractivity contribution < 1.29 is 15.0 Å². The molecular weight excluding hydrogens is 398 g/mol. The van der Waals surface area contributed by atoms with Crippen LogP contribution in [0.5, 0.6) is 0 Å². The molecule has 0 fully saturated rings. The highest BCUT2D eigenvalue weighted by molar-refractivity contribution is 5.76. The SMILES string of the molecule is CCC/C=C\CCCCCCCC(=O)NC(CO)C(O)/C=C/CC/C=C/CCCCCC. The molecule has 4 nitrogen and oxygen atoms in total. The third-order valence-electron chi connectivity index (χ3n) is 5.58. The van der Waals surface area contributed by atoms with E-state index in [1.54, 1.807) is 6.08 Å². The molecule has 32 heavy (non-hydrogen) atoms. The van der Waals surface area contributed by atoms with Crippen LogP contribution in [0.15, 0.2) is 36.5 Å². The second kappa shape index (κ2) is 24.3. The van der Waals surface area contributed by atoms with Crippen molar-refractivity contribution in [2.75, 3.05) is 6.61 Å². The highest BCUT2D eigenvalue weighted by atomic mass is 16.3. The van der Waals surface area contributed by atoms with Gasteiger partial charge in [0.05, 0.1) is 18.8 Å². The van der Waals surface area contributed by atoms with Crippen molar-refractivity contribution in [2.45, 2.75) is 129 Å². The second-order valence-electron chi connectivity index (χ2n) is 8.74. The first-order chi connectivity index (χ1) is 15.7. The quantitative estimate of drug-likeness (QED) is 0.126. The molecule has 2 atom stereocenters. The molecule has 2 unspecified atom stereocenters. The molecule has 0 radical (unpaired) electrons. The van der Waals surface area contributed by atoms with Gasteiger partial charge in [0.1, 0.15) is 0 Å². The van der Waals surface area contributed by atoms with E-state index >= 15 is 0 Å². The fourth-order valence-electron chi connectivity index (χ4n) is 3.49. The van der Waals surface area contributed by atoms with Crippen LogP contribution in [0.4, 0.5) is 0 Å². The van der Waals surface area contributed by atoms with Gasteiger partial charge < -0.3 is 15.5 Å². The van der Waals surface area contributed by atoms with Gasteiger partial charge in [-0.15, -0.1) is 0 Å². The molecule has 0 heterocycles. The fourth-order valence-corrected chi connectivity index (χ4v) is 3.49. The lowest BCUT2D eigenvalue weighted by Gasteiger charge is -2.19. The molecule has 0 saturated heterocycles. The number of hydrogen-bond acceptors (Lipinski definition) is 3. The minimum atomic E-state index is -0.859. The molecule has 0 aromatic heterocycles. The zero-order valence-electron chi connectivity index (χ0n) is 20.9. The molecule has 0 aliphatic rings. The van der Waals surface area contributed by atoms with E-state index in [1.807, 2.05) is 6.08 Å². The van der Waals surface area contributed by atoms with Gasteiger partial charge >= 0.3 is 0 Å². The van der Waals surface area contributed by atoms with E-state index in [9.17, 15) is 15.0 Å². The highest BCUT2D eigenvalue weighted by Gasteiger charge is 2.17. The summed E-state index contributed by atoms with van der Waals surface area (Å²) in [6, 6.07) is -0.636. The summed E-state index contributed by atoms with van der Waals surface area (Å²) in [5, 5.41) is 22.5. The molecule has 0 aliphatic heterocycles. The summed E-state index contributed by atoms with van der Waals surface area (Å²) in [6.45, 7) is 4.15. The molecular formula is C28H51NO3. The predicted molar refractivity (Wildman–Crippen MR) is 138 cm³/mol. The first-order valence-corrected chi connectivity index (χ1v) is 13.2. The summed E-state index contributed by atoms with van der Waals surface area (Å²) in [6.07, 6.45) is 29.3. The van der Waals surface area contributed by atoms with Crippen LogP contribution in [0.25, 0.3) is 0 Å². The smallest absolute Gasteiger partial charge is 0.220 e. The molecule has 0 aromatic rings. The van der Waals surface area contributed by atoms with Gasteiger partial charge in [-0.3, -0.25) is 4.79 Å². The maximum atomic E-state index is 12.1. The van der Waals surface area contributed by atoms with E-state index in [4.69, 9.17) is 0 Å². The number of aliphatic hydroxyl groups excluding tert-OH is 2. The van der Waals surface area contributed by atoms with Gasteiger partial charge in [0.25, 0.3) is 0 Å². The number of carbonyl (C=O) groups is 1. The van der Waals surface area contributed by atoms with E-state index in [-0.39, 0.29) is 12.5 Å². The van der Waals surface area contributed by atoms with Gasteiger partial charge in [0, 0.05) is 6.42 Å². The topological polar surface area (TPSA) is 69.6 Å². The Morgan fingerprint density at radius 3 is 1.94 bits per heavy atom. The fraction of sp³-hybridized carbons (Fsp3) is 0.750. The van der Waals surface area contributed by atoms with Gasteiger partial charge in [0.15, 0.2) is 0 Å². The predicted octanol–water partition coefficient (Wildman–Crippen LogP) is 6.77. The number of unbranched alkanes of at least 4 members (excludes halogenated alkanes) is 11. The minimum absolute atomic E-state index is 0.0926. The molecule has 1 amide bonds. The van der Waals surface area contributed by atoms with Crippen molar-refractivity contribution in [1.29, 1.82) is 0 Å². The van der Waals surface area contributed by atoms with Crippen LogP contribution < -0.4 is 5.32 Å². The minimum Gasteiger partial charge on any atom is -0.394 e. The first-order valence-electron chi connectivity index (χ1n) is 13.2. The lowest BCUT2D eigenvalue weighted by atomic mass is 10.1. The van der Waals surface area contributed by atoms with Gasteiger partial charge in [-0.25, -0.2) is 0 Å². The van der Waals surface area contributed by atoms with E-state index in [0.717, 1.165) is 44.9 Å². The summed E-state index contributed by atoms with van der Waals surface area (Å²) in [4.78, 5) is 12.1. The monoisotopic (exact) mass is 449 g/mol. The number of hydrogen-bond donors (Lipinski definition) is 3. The molecule has 186 valence electrons. The Labute approximate surface area is 198 Å². The van der Waals surface area contributed by atoms with Crippen LogP contribution in [0, 0.1) is 0 Å². The van der Waals surface area contributed by atoms with Gasteiger partial charge in [0.2, 0.25) is 5.91 Å². The summed E-state index contributed by atoms with van der Waals surface area (Å²) < 4.78 is 0. The Hall–Kier alpha value is -1.39. The Bertz CT molecular complexity index is 499. The zero-order valence-corrected chi connectivity index (χ0v) is 20.9. The molecule has 0 saturated carbocycles. The van der Waals surface area contributed by atoms with Crippen molar-refractivity contribution >= 4 is 5.91 Å². The van der Waals surface area contributed by atoms with E-state index < -0.39 is 12.1 Å². The summed E-state index contributed by atoms with van der Waals surface area (Å²) >= 11 is 0. The first kappa shape index (κ1) is 30.6. The normalized spacial score (nSPS) is 14.0. The van der Waals surface area contributed by atoms with Crippen LogP contribution >= 0.6 is 0 Å². The Kier molecular flexibility index (Phi) is 23.2. The van der Waals surface area contributed by atoms with Crippen molar-refractivity contribution in [3.05, 3.63) is 36.5 Å². The summed E-state index contributed by atoms with van der Waals surface area (Å²) in [5.74, 6) is -0.0926. The van der Waals surface area contributed by atoms with Crippen molar-refractivity contribution in [2.24, 2.45) is 0 Å². The van der Waals surface area contributed by atoms with Crippen LogP contribution in [0.3, 0.4) is 0 Å². The number of aliphatic hydroxyl groups is 2. The number of carbonyl (C=O) groups excluding carboxylic acids is 1. The second-order valence-corrected chi connectivity index (χ2v) is 8.74. The molecule has 3 N–H and O–H groups in total. The molecule has 0 aliphatic carbocycles. The van der Waals surface area contributed by atoms with Gasteiger partial charge in [-0.05, 0) is 51.4 Å². The average molecular weight is 450 g/mol. The lowest BCUT2D eigenvalue weighted by molar-refractivity contribution is -0.123. The summed E-state index contributed by atoms with van der Waals surface area (Å²) in [7, 11) is 0. The van der Waals surface area contributed by atoms with E-state index in [2.05, 4.69) is 43.5 Å². The van der Waals surface area contributed by atoms with Crippen LogP contribution in [0.1, 0.15) is 117 Å². The van der Waals surface area contributed by atoms with Crippen molar-refractivity contribution in [3.63, 3.8) is 0 Å². The zero-order chi connectivity index (χ0) is 23.7. The lowest BCUT2D eigenvalue weighted by Crippen LogP contribution is -2.45. The maximum absolute atomic E-state index is 12.1. The molecule has 0 aromatic carbocycles. The highest BCUT2D eigenvalue weighted by Crippen LogP contribution is 2.09. The van der Waals surface area contributed by atoms with E-state index in [1.165, 1.54) is 51.4 Å². The van der Waals surface area contributed by atoms with Crippen LogP contribution in [-0.2, 0) is 4.79 Å². The van der Waals surface area contributed by atoms with E-state index in [0.29, 0.717) is 6.42 Å². The molecule has 0 rings (SSSR count). The third kappa shape index (κ3) is 20.5. The van der Waals surface area contributed by atoms with Gasteiger partial charge in [-0.1, -0.05) is 95.2 Å². The molecule has 0 spiro atoms. The van der Waals surface area contributed by atoms with Crippen molar-refractivity contribution in [3.8, 4) is 0 Å². The largest absolute Gasteiger partial charge is 0.394 e. The number of allylic oxidation sites excluding steroid dienone is 5. The Morgan fingerprint density at radius 2 is 1.28 bits per heavy atom.